The molecule has 2 aliphatic heterocycles. The summed E-state index contributed by atoms with van der Waals surface area (Å²) in [5, 5.41) is 6.62. The number of nitrogens with zero attached hydrogens (tertiary/aromatic N) is 7. The highest BCUT2D eigenvalue weighted by Gasteiger charge is 2.41. The lowest BCUT2D eigenvalue weighted by Crippen LogP contribution is -2.35. The van der Waals surface area contributed by atoms with Crippen molar-refractivity contribution in [1.29, 1.82) is 0 Å². The zero-order chi connectivity index (χ0) is 65.6. The Morgan fingerprint density at radius 3 is 1.33 bits per heavy atom. The Bertz CT molecular complexity index is 5120. The van der Waals surface area contributed by atoms with E-state index in [2.05, 4.69) is 140 Å². The van der Waals surface area contributed by atoms with E-state index in [0.717, 1.165) is 128 Å². The number of rotatable bonds is 14. The second-order valence-electron chi connectivity index (χ2n) is 24.7. The van der Waals surface area contributed by atoms with Gasteiger partial charge >= 0.3 is 0 Å². The molecule has 466 valence electrons. The number of aromatic nitrogens is 9. The second kappa shape index (κ2) is 25.0. The molecule has 0 radical (unpaired) electrons. The van der Waals surface area contributed by atoms with Gasteiger partial charge < -0.3 is 29.9 Å². The number of pyridine rings is 3. The molecule has 0 saturated heterocycles. The van der Waals surface area contributed by atoms with Crippen molar-refractivity contribution in [2.24, 2.45) is 0 Å². The summed E-state index contributed by atoms with van der Waals surface area (Å²) in [5.41, 5.74) is 25.1. The number of hydrogen-bond acceptors (Lipinski definition) is 9. The van der Waals surface area contributed by atoms with E-state index in [4.69, 9.17) is 29.7 Å². The molecule has 9 heterocycles. The summed E-state index contributed by atoms with van der Waals surface area (Å²) in [6.07, 6.45) is 18.9. The molecule has 4 N–H and O–H groups in total. The first kappa shape index (κ1) is 60.8. The van der Waals surface area contributed by atoms with Crippen molar-refractivity contribution in [1.82, 2.24) is 44.4 Å². The minimum absolute atomic E-state index is 0.243. The Labute approximate surface area is 551 Å². The lowest BCUT2D eigenvalue weighted by Gasteiger charge is -2.31. The fourth-order valence-corrected chi connectivity index (χ4v) is 13.7. The van der Waals surface area contributed by atoms with E-state index in [1.807, 2.05) is 122 Å². The summed E-state index contributed by atoms with van der Waals surface area (Å²) in [5.74, 6) is -0.610. The largest absolute Gasteiger partial charge is 0.359 e. The molecule has 8 bridgehead atoms. The number of anilines is 2. The van der Waals surface area contributed by atoms with E-state index in [9.17, 15) is 9.59 Å². The van der Waals surface area contributed by atoms with Crippen LogP contribution in [0, 0.1) is 55.4 Å². The van der Waals surface area contributed by atoms with E-state index < -0.39 is 5.60 Å². The van der Waals surface area contributed by atoms with E-state index in [1.165, 1.54) is 0 Å². The molecule has 7 aromatic heterocycles. The summed E-state index contributed by atoms with van der Waals surface area (Å²) in [7, 11) is 1.62. The summed E-state index contributed by atoms with van der Waals surface area (Å²) in [6, 6.07) is 52.1. The van der Waals surface area contributed by atoms with Crippen molar-refractivity contribution >= 4 is 69.6 Å². The smallest absolute Gasteiger partial charge is 0.257 e. The number of hydrogen-bond donors (Lipinski definition) is 4. The van der Waals surface area contributed by atoms with Gasteiger partial charge in [0.15, 0.2) is 5.60 Å². The number of nitrogens with one attached hydrogen (secondary N) is 4. The van der Waals surface area contributed by atoms with Gasteiger partial charge in [-0.05, 0) is 203 Å². The van der Waals surface area contributed by atoms with Crippen LogP contribution in [0.1, 0.15) is 111 Å². The Morgan fingerprint density at radius 2 is 0.895 bits per heavy atom. The SMILES string of the molecule is COC(c1ccc(C)cn1)(c1ccc(C)cn1)c1ccc(C(=O)Nc2ccccc2-c2c3nc(c(-c4c(C)cc(C)cc4C)c4ccc([nH]4)c(-c4ccccc4NC(=O)c4cccc(Cn5ccnc5)c4)c4nc(c(-c5c(C)cc(C)cc5C)c5ccc2[nH]5)C=C4)C=C3)cn1. The zero-order valence-corrected chi connectivity index (χ0v) is 54.3. The Balaban J connectivity index is 0.966. The zero-order valence-electron chi connectivity index (χ0n) is 54.3. The van der Waals surface area contributed by atoms with Gasteiger partial charge in [0, 0.05) is 117 Å². The van der Waals surface area contributed by atoms with E-state index >= 15 is 0 Å². The van der Waals surface area contributed by atoms with Gasteiger partial charge in [-0.15, -0.1) is 0 Å². The maximum absolute atomic E-state index is 14.9. The normalized spacial score (nSPS) is 11.9. The van der Waals surface area contributed by atoms with Gasteiger partial charge in [0.05, 0.1) is 51.7 Å². The van der Waals surface area contributed by atoms with Crippen molar-refractivity contribution in [2.75, 3.05) is 17.7 Å². The van der Waals surface area contributed by atoms with Gasteiger partial charge in [-0.3, -0.25) is 24.5 Å². The van der Waals surface area contributed by atoms with Crippen molar-refractivity contribution < 1.29 is 14.3 Å². The average Bonchev–Trinajstić information content (AvgIpc) is 1.70. The monoisotopic (exact) mass is 1240 g/mol. The van der Waals surface area contributed by atoms with Crippen LogP contribution in [0.4, 0.5) is 11.4 Å². The van der Waals surface area contributed by atoms with Crippen LogP contribution >= 0.6 is 0 Å². The molecule has 0 atom stereocenters. The highest BCUT2D eigenvalue weighted by atomic mass is 16.5. The first-order valence-electron chi connectivity index (χ1n) is 31.7. The van der Waals surface area contributed by atoms with Gasteiger partial charge in [-0.1, -0.05) is 96.1 Å². The van der Waals surface area contributed by atoms with Crippen LogP contribution in [0.15, 0.2) is 195 Å². The number of H-pyrrole nitrogens is 2. The van der Waals surface area contributed by atoms with Crippen LogP contribution in [-0.2, 0) is 16.9 Å². The number of aromatic amines is 2. The maximum atomic E-state index is 14.9. The van der Waals surface area contributed by atoms with E-state index in [-0.39, 0.29) is 11.8 Å². The molecule has 0 spiro atoms. The average molecular weight is 1240 g/mol. The molecule has 0 unspecified atom stereocenters. The fourth-order valence-electron chi connectivity index (χ4n) is 13.7. The van der Waals surface area contributed by atoms with Gasteiger partial charge in [0.1, 0.15) is 0 Å². The molecule has 95 heavy (non-hydrogen) atoms. The highest BCUT2D eigenvalue weighted by molar-refractivity contribution is 6.10. The third-order valence-corrected chi connectivity index (χ3v) is 17.8. The lowest BCUT2D eigenvalue weighted by molar-refractivity contribution is 0.0473. The number of imidazole rings is 1. The minimum Gasteiger partial charge on any atom is -0.359 e. The summed E-state index contributed by atoms with van der Waals surface area (Å²) in [4.78, 5) is 67.4. The Morgan fingerprint density at radius 1 is 0.453 bits per heavy atom. The first-order valence-corrected chi connectivity index (χ1v) is 31.7. The number of carbonyl (C=O) groups is 2. The van der Waals surface area contributed by atoms with Gasteiger partial charge in [-0.25, -0.2) is 15.0 Å². The quantitative estimate of drug-likeness (QED) is 0.0824. The van der Waals surface area contributed by atoms with Gasteiger partial charge in [-0.2, -0.15) is 0 Å². The molecule has 12 aromatic rings. The maximum Gasteiger partial charge on any atom is 0.257 e. The van der Waals surface area contributed by atoms with Crippen molar-refractivity contribution in [3.05, 3.63) is 296 Å². The number of benzene rings is 5. The molecule has 14 rings (SSSR count). The lowest BCUT2D eigenvalue weighted by atomic mass is 9.88. The fraction of sp³-hybridized carbons (Fsp3) is 0.136. The van der Waals surface area contributed by atoms with E-state index in [0.29, 0.717) is 57.5 Å². The second-order valence-corrected chi connectivity index (χ2v) is 24.7. The number of carbonyl (C=O) groups excluding carboxylic acids is 2. The van der Waals surface area contributed by atoms with Crippen LogP contribution in [0.2, 0.25) is 0 Å². The third-order valence-electron chi connectivity index (χ3n) is 17.8. The first-order chi connectivity index (χ1) is 46.1. The van der Waals surface area contributed by atoms with Crippen LogP contribution in [0.25, 0.3) is 90.9 Å². The molecular weight excluding hydrogens is 1170 g/mol. The van der Waals surface area contributed by atoms with Crippen molar-refractivity contribution in [3.63, 3.8) is 0 Å². The molecular formula is C81H69N11O3. The summed E-state index contributed by atoms with van der Waals surface area (Å²) < 4.78 is 8.38. The molecule has 0 fully saturated rings. The minimum atomic E-state index is -1.28. The number of fused-ring (bicyclic) bond motifs is 8. The third kappa shape index (κ3) is 11.5. The van der Waals surface area contributed by atoms with Crippen LogP contribution in [0.3, 0.4) is 0 Å². The molecule has 5 aromatic carbocycles. The molecule has 0 aliphatic carbocycles. The molecule has 2 aliphatic rings. The van der Waals surface area contributed by atoms with Gasteiger partial charge in [0.25, 0.3) is 11.8 Å². The topological polar surface area (TPSA) is 181 Å². The van der Waals surface area contributed by atoms with Crippen LogP contribution in [-0.4, -0.2) is 63.4 Å². The number of amides is 2. The summed E-state index contributed by atoms with van der Waals surface area (Å²) in [6.45, 7) is 17.4. The molecule has 14 heteroatoms. The van der Waals surface area contributed by atoms with E-state index in [1.54, 1.807) is 50.4 Å². The molecule has 0 saturated carbocycles. The van der Waals surface area contributed by atoms with Crippen molar-refractivity contribution in [3.8, 4) is 44.5 Å². The molecule has 14 nitrogen and oxygen atoms in total. The Kier molecular flexibility index (Phi) is 16.0. The summed E-state index contributed by atoms with van der Waals surface area (Å²) >= 11 is 0. The number of methoxy groups -OCH3 is 1. The standard InChI is InChI=1S/C81H69N11O3/c1-47-21-32-70(83-42-47)81(95-9,71-33-22-48(2)43-84-71)72-34-23-57(44-85-72)80(94)91-61-20-13-11-18-59(61)76-64-26-30-68(88-64)77(73-51(5)37-49(3)38-52(73)6)66-28-24-62(86-66)75(58-17-10-12-19-60(58)90-79(93)56-16-14-15-55(41-56)45-92-36-35-82-46-92)63-25-29-67(87-63)78(69-31-27-65(76)89-69)74-53(7)39-50(4)40-54(74)8/h10-44,46,86,89H,45H2,1-9H3,(H,90,93)(H,91,94). The predicted octanol–water partition coefficient (Wildman–Crippen LogP) is 17.7. The highest BCUT2D eigenvalue weighted by Crippen LogP contribution is 2.44. The van der Waals surface area contributed by atoms with Crippen LogP contribution < -0.4 is 10.6 Å². The van der Waals surface area contributed by atoms with Crippen molar-refractivity contribution in [2.45, 2.75) is 67.5 Å². The number of para-hydroxylation sites is 2. The number of ether oxygens (including phenoxy) is 1. The number of aryl methyl sites for hydroxylation is 8. The predicted molar refractivity (Wildman–Crippen MR) is 382 cm³/mol. The Hall–Kier alpha value is -11.7. The van der Waals surface area contributed by atoms with Gasteiger partial charge in [0.2, 0.25) is 0 Å². The molecule has 2 amide bonds. The van der Waals surface area contributed by atoms with Crippen LogP contribution in [0.5, 0.6) is 0 Å².